The van der Waals surface area contributed by atoms with Crippen molar-refractivity contribution in [3.05, 3.63) is 62.5 Å². The molecule has 0 heterocycles. The molecule has 0 aliphatic rings. The van der Waals surface area contributed by atoms with E-state index in [0.29, 0.717) is 12.2 Å². The third-order valence-electron chi connectivity index (χ3n) is 3.20. The topological polar surface area (TPSA) is 50.7 Å². The molecule has 2 aromatic rings. The number of benzene rings is 2. The standard InChI is InChI=1S/C18H18Br2N2O2/c1-2-3-10-24-17-9-8-16(20)11-14(17)12-21-22-18(23)13-4-6-15(19)7-5-13/h4-9,11-12H,2-3,10H2,1H3,(H,22,23)/b21-12+. The maximum atomic E-state index is 12.0. The Morgan fingerprint density at radius 2 is 1.88 bits per heavy atom. The van der Waals surface area contributed by atoms with Crippen LogP contribution in [0, 0.1) is 0 Å². The molecule has 0 atom stereocenters. The summed E-state index contributed by atoms with van der Waals surface area (Å²) in [5, 5.41) is 4.03. The first-order valence-electron chi connectivity index (χ1n) is 7.61. The highest BCUT2D eigenvalue weighted by atomic mass is 79.9. The van der Waals surface area contributed by atoms with E-state index in [1.165, 1.54) is 0 Å². The molecular weight excluding hydrogens is 436 g/mol. The van der Waals surface area contributed by atoms with Crippen molar-refractivity contribution in [2.75, 3.05) is 6.61 Å². The average molecular weight is 454 g/mol. The van der Waals surface area contributed by atoms with Crippen molar-refractivity contribution in [3.8, 4) is 5.75 Å². The normalized spacial score (nSPS) is 10.8. The predicted molar refractivity (Wildman–Crippen MR) is 104 cm³/mol. The van der Waals surface area contributed by atoms with Crippen LogP contribution in [-0.4, -0.2) is 18.7 Å². The van der Waals surface area contributed by atoms with Crippen LogP contribution in [0.2, 0.25) is 0 Å². The minimum Gasteiger partial charge on any atom is -0.493 e. The van der Waals surface area contributed by atoms with E-state index in [1.54, 1.807) is 18.3 Å². The Morgan fingerprint density at radius 1 is 1.17 bits per heavy atom. The summed E-state index contributed by atoms with van der Waals surface area (Å²) >= 11 is 6.77. The fraction of sp³-hybridized carbons (Fsp3) is 0.222. The van der Waals surface area contributed by atoms with Crippen molar-refractivity contribution in [1.82, 2.24) is 5.43 Å². The highest BCUT2D eigenvalue weighted by molar-refractivity contribution is 9.10. The van der Waals surface area contributed by atoms with Gasteiger partial charge in [-0.2, -0.15) is 5.10 Å². The molecule has 0 aromatic heterocycles. The second-order valence-corrected chi connectivity index (χ2v) is 6.92. The molecule has 0 radical (unpaired) electrons. The van der Waals surface area contributed by atoms with E-state index in [2.05, 4.69) is 49.3 Å². The van der Waals surface area contributed by atoms with Crippen LogP contribution in [0.4, 0.5) is 0 Å². The molecule has 6 heteroatoms. The minimum absolute atomic E-state index is 0.262. The lowest BCUT2D eigenvalue weighted by atomic mass is 10.2. The van der Waals surface area contributed by atoms with E-state index >= 15 is 0 Å². The van der Waals surface area contributed by atoms with Crippen molar-refractivity contribution in [3.63, 3.8) is 0 Å². The number of carbonyl (C=O) groups excluding carboxylic acids is 1. The maximum Gasteiger partial charge on any atom is 0.271 e. The Labute approximate surface area is 158 Å². The molecule has 1 N–H and O–H groups in total. The third-order valence-corrected chi connectivity index (χ3v) is 4.23. The zero-order valence-corrected chi connectivity index (χ0v) is 16.4. The molecule has 0 saturated heterocycles. The monoisotopic (exact) mass is 452 g/mol. The predicted octanol–water partition coefficient (Wildman–Crippen LogP) is 5.15. The number of hydrogen-bond acceptors (Lipinski definition) is 3. The third kappa shape index (κ3) is 5.76. The van der Waals surface area contributed by atoms with Crippen molar-refractivity contribution in [1.29, 1.82) is 0 Å². The van der Waals surface area contributed by atoms with Crippen molar-refractivity contribution >= 4 is 44.0 Å². The lowest BCUT2D eigenvalue weighted by molar-refractivity contribution is 0.0955. The van der Waals surface area contributed by atoms with Gasteiger partial charge < -0.3 is 4.74 Å². The van der Waals surface area contributed by atoms with Gasteiger partial charge in [-0.25, -0.2) is 5.43 Å². The lowest BCUT2D eigenvalue weighted by Gasteiger charge is -2.09. The number of hydrazone groups is 1. The molecule has 1 amide bonds. The second kappa shape index (κ2) is 9.59. The number of nitrogens with one attached hydrogen (secondary N) is 1. The summed E-state index contributed by atoms with van der Waals surface area (Å²) in [7, 11) is 0. The number of hydrogen-bond donors (Lipinski definition) is 1. The summed E-state index contributed by atoms with van der Waals surface area (Å²) in [4.78, 5) is 12.0. The maximum absolute atomic E-state index is 12.0. The molecule has 126 valence electrons. The average Bonchev–Trinajstić information content (AvgIpc) is 2.57. The molecule has 4 nitrogen and oxygen atoms in total. The van der Waals surface area contributed by atoms with Gasteiger partial charge in [0.1, 0.15) is 5.75 Å². The van der Waals surface area contributed by atoms with Crippen LogP contribution >= 0.6 is 31.9 Å². The van der Waals surface area contributed by atoms with E-state index in [0.717, 1.165) is 33.1 Å². The highest BCUT2D eigenvalue weighted by Gasteiger charge is 2.05. The molecule has 0 saturated carbocycles. The van der Waals surface area contributed by atoms with E-state index in [-0.39, 0.29) is 5.91 Å². The van der Waals surface area contributed by atoms with Crippen LogP contribution in [-0.2, 0) is 0 Å². The van der Waals surface area contributed by atoms with Crippen molar-refractivity contribution in [2.24, 2.45) is 5.10 Å². The Balaban J connectivity index is 2.03. The van der Waals surface area contributed by atoms with E-state index in [1.807, 2.05) is 30.3 Å². The summed E-state index contributed by atoms with van der Waals surface area (Å²) in [6, 6.07) is 12.8. The fourth-order valence-corrected chi connectivity index (χ4v) is 2.55. The summed E-state index contributed by atoms with van der Waals surface area (Å²) in [6.45, 7) is 2.77. The number of rotatable bonds is 7. The van der Waals surface area contributed by atoms with Crippen LogP contribution in [0.15, 0.2) is 56.5 Å². The Bertz CT molecular complexity index is 715. The van der Waals surface area contributed by atoms with E-state index in [9.17, 15) is 4.79 Å². The molecule has 24 heavy (non-hydrogen) atoms. The zero-order chi connectivity index (χ0) is 17.4. The molecule has 2 aromatic carbocycles. The van der Waals surface area contributed by atoms with Gasteiger partial charge in [0, 0.05) is 20.1 Å². The SMILES string of the molecule is CCCCOc1ccc(Br)cc1/C=N/NC(=O)c1ccc(Br)cc1. The van der Waals surface area contributed by atoms with Crippen LogP contribution < -0.4 is 10.2 Å². The van der Waals surface area contributed by atoms with Crippen LogP contribution in [0.3, 0.4) is 0 Å². The smallest absolute Gasteiger partial charge is 0.271 e. The zero-order valence-electron chi connectivity index (χ0n) is 13.3. The number of amides is 1. The Hall–Kier alpha value is -1.66. The van der Waals surface area contributed by atoms with Crippen LogP contribution in [0.1, 0.15) is 35.7 Å². The first kappa shape index (κ1) is 18.7. The lowest BCUT2D eigenvalue weighted by Crippen LogP contribution is -2.17. The van der Waals surface area contributed by atoms with Gasteiger partial charge in [0.2, 0.25) is 0 Å². The second-order valence-electron chi connectivity index (χ2n) is 5.09. The van der Waals surface area contributed by atoms with Crippen molar-refractivity contribution < 1.29 is 9.53 Å². The molecule has 0 unspecified atom stereocenters. The summed E-state index contributed by atoms with van der Waals surface area (Å²) in [6.07, 6.45) is 3.65. The largest absolute Gasteiger partial charge is 0.493 e. The first-order chi connectivity index (χ1) is 11.6. The number of halogens is 2. The number of nitrogens with zero attached hydrogens (tertiary/aromatic N) is 1. The molecular formula is C18H18Br2N2O2. The molecule has 0 aliphatic heterocycles. The van der Waals surface area contributed by atoms with Crippen LogP contribution in [0.25, 0.3) is 0 Å². The van der Waals surface area contributed by atoms with Gasteiger partial charge in [0.05, 0.1) is 12.8 Å². The molecule has 0 bridgehead atoms. The van der Waals surface area contributed by atoms with Crippen LogP contribution in [0.5, 0.6) is 5.75 Å². The number of carbonyl (C=O) groups is 1. The highest BCUT2D eigenvalue weighted by Crippen LogP contribution is 2.22. The number of ether oxygens (including phenoxy) is 1. The minimum atomic E-state index is -0.262. The Morgan fingerprint density at radius 3 is 2.58 bits per heavy atom. The fourth-order valence-electron chi connectivity index (χ4n) is 1.90. The molecule has 2 rings (SSSR count). The van der Waals surface area contributed by atoms with Gasteiger partial charge in [0.15, 0.2) is 0 Å². The summed E-state index contributed by atoms with van der Waals surface area (Å²) in [5.74, 6) is 0.482. The van der Waals surface area contributed by atoms with Gasteiger partial charge in [0.25, 0.3) is 5.91 Å². The van der Waals surface area contributed by atoms with E-state index in [4.69, 9.17) is 4.74 Å². The van der Waals surface area contributed by atoms with Gasteiger partial charge in [-0.3, -0.25) is 4.79 Å². The van der Waals surface area contributed by atoms with E-state index < -0.39 is 0 Å². The van der Waals surface area contributed by atoms with Crippen molar-refractivity contribution in [2.45, 2.75) is 19.8 Å². The Kier molecular flexibility index (Phi) is 7.46. The van der Waals surface area contributed by atoms with Gasteiger partial charge in [-0.15, -0.1) is 0 Å². The quantitative estimate of drug-likeness (QED) is 0.357. The molecule has 0 fully saturated rings. The number of unbranched alkanes of at least 4 members (excludes halogenated alkanes) is 1. The summed E-state index contributed by atoms with van der Waals surface area (Å²) < 4.78 is 7.60. The van der Waals surface area contributed by atoms with Gasteiger partial charge in [-0.1, -0.05) is 45.2 Å². The first-order valence-corrected chi connectivity index (χ1v) is 9.20. The van der Waals surface area contributed by atoms with Gasteiger partial charge >= 0.3 is 0 Å². The summed E-state index contributed by atoms with van der Waals surface area (Å²) in [5.41, 5.74) is 3.87. The molecule has 0 aliphatic carbocycles. The molecule has 0 spiro atoms. The van der Waals surface area contributed by atoms with Gasteiger partial charge in [-0.05, 0) is 48.9 Å².